The van der Waals surface area contributed by atoms with Crippen LogP contribution in [-0.4, -0.2) is 15.3 Å². The third-order valence-electron chi connectivity index (χ3n) is 4.25. The summed E-state index contributed by atoms with van der Waals surface area (Å²) >= 11 is 6.15. The third kappa shape index (κ3) is 3.29. The van der Waals surface area contributed by atoms with Crippen LogP contribution >= 0.6 is 11.6 Å². The fourth-order valence-electron chi connectivity index (χ4n) is 2.90. The summed E-state index contributed by atoms with van der Waals surface area (Å²) in [5.41, 5.74) is 3.35. The molecule has 1 amide bonds. The fourth-order valence-corrected chi connectivity index (χ4v) is 3.12. The number of aryl methyl sites for hydroxylation is 1. The smallest absolute Gasteiger partial charge is 0.258 e. The van der Waals surface area contributed by atoms with Crippen LogP contribution in [0.5, 0.6) is 0 Å². The average molecular weight is 380 g/mol. The molecule has 134 valence electrons. The predicted molar refractivity (Wildman–Crippen MR) is 105 cm³/mol. The standard InChI is InChI=1S/C21H15ClFN3O/c1-13-10-11-26-18(12-13)24-19(14-6-8-15(23)9-7-14)20(26)25-21(27)16-4-2-3-5-17(16)22/h2-12H,1H3,(H,25,27). The van der Waals surface area contributed by atoms with Gasteiger partial charge in [0.1, 0.15) is 23.0 Å². The molecule has 2 aromatic carbocycles. The summed E-state index contributed by atoms with van der Waals surface area (Å²) in [6.07, 6.45) is 1.84. The summed E-state index contributed by atoms with van der Waals surface area (Å²) in [5.74, 6) is -0.173. The summed E-state index contributed by atoms with van der Waals surface area (Å²) in [7, 11) is 0. The van der Waals surface area contributed by atoms with E-state index in [-0.39, 0.29) is 11.7 Å². The Balaban J connectivity index is 1.85. The minimum Gasteiger partial charge on any atom is -0.306 e. The largest absolute Gasteiger partial charge is 0.306 e. The second kappa shape index (κ2) is 6.85. The van der Waals surface area contributed by atoms with Gasteiger partial charge in [-0.1, -0.05) is 23.7 Å². The number of hydrogen-bond acceptors (Lipinski definition) is 2. The molecule has 0 atom stereocenters. The molecule has 4 nitrogen and oxygen atoms in total. The van der Waals surface area contributed by atoms with E-state index in [2.05, 4.69) is 10.3 Å². The van der Waals surface area contributed by atoms with Crippen molar-refractivity contribution in [2.45, 2.75) is 6.92 Å². The van der Waals surface area contributed by atoms with Crippen molar-refractivity contribution in [2.75, 3.05) is 5.32 Å². The number of pyridine rings is 1. The molecule has 6 heteroatoms. The molecular formula is C21H15ClFN3O. The lowest BCUT2D eigenvalue weighted by Crippen LogP contribution is -2.14. The molecule has 27 heavy (non-hydrogen) atoms. The zero-order chi connectivity index (χ0) is 19.0. The molecule has 0 saturated carbocycles. The molecule has 4 rings (SSSR count). The first kappa shape index (κ1) is 17.2. The third-order valence-corrected chi connectivity index (χ3v) is 4.58. The van der Waals surface area contributed by atoms with E-state index in [1.165, 1.54) is 12.1 Å². The first-order chi connectivity index (χ1) is 13.0. The molecule has 2 aromatic heterocycles. The van der Waals surface area contributed by atoms with Gasteiger partial charge in [0.05, 0.1) is 10.6 Å². The highest BCUT2D eigenvalue weighted by atomic mass is 35.5. The first-order valence-corrected chi connectivity index (χ1v) is 8.71. The molecule has 0 unspecified atom stereocenters. The Hall–Kier alpha value is -3.18. The van der Waals surface area contributed by atoms with Crippen LogP contribution in [0.2, 0.25) is 5.02 Å². The number of halogens is 2. The zero-order valence-electron chi connectivity index (χ0n) is 14.4. The van der Waals surface area contributed by atoms with Crippen LogP contribution < -0.4 is 5.32 Å². The highest BCUT2D eigenvalue weighted by Gasteiger charge is 2.18. The van der Waals surface area contributed by atoms with Crippen molar-refractivity contribution < 1.29 is 9.18 Å². The van der Waals surface area contributed by atoms with Crippen LogP contribution in [0.3, 0.4) is 0 Å². The van der Waals surface area contributed by atoms with E-state index < -0.39 is 0 Å². The highest BCUT2D eigenvalue weighted by Crippen LogP contribution is 2.30. The molecule has 0 radical (unpaired) electrons. The molecule has 0 aliphatic rings. The van der Waals surface area contributed by atoms with Gasteiger partial charge in [0.2, 0.25) is 0 Å². The predicted octanol–water partition coefficient (Wildman–Crippen LogP) is 5.35. The molecule has 0 bridgehead atoms. The number of rotatable bonds is 3. The van der Waals surface area contributed by atoms with Gasteiger partial charge in [0, 0.05) is 11.8 Å². The lowest BCUT2D eigenvalue weighted by atomic mass is 10.1. The van der Waals surface area contributed by atoms with Gasteiger partial charge >= 0.3 is 0 Å². The van der Waals surface area contributed by atoms with Crippen molar-refractivity contribution in [2.24, 2.45) is 0 Å². The number of fused-ring (bicyclic) bond motifs is 1. The van der Waals surface area contributed by atoms with E-state index in [4.69, 9.17) is 11.6 Å². The Bertz CT molecular complexity index is 1150. The number of imidazole rings is 1. The number of hydrogen-bond donors (Lipinski definition) is 1. The van der Waals surface area contributed by atoms with Gasteiger partial charge < -0.3 is 5.32 Å². The minimum absolute atomic E-state index is 0.333. The Morgan fingerprint density at radius 2 is 1.85 bits per heavy atom. The van der Waals surface area contributed by atoms with Crippen molar-refractivity contribution in [1.82, 2.24) is 9.38 Å². The Morgan fingerprint density at radius 1 is 1.11 bits per heavy atom. The minimum atomic E-state index is -0.341. The molecule has 0 fully saturated rings. The molecule has 4 aromatic rings. The average Bonchev–Trinajstić information content (AvgIpc) is 3.00. The van der Waals surface area contributed by atoms with Crippen LogP contribution in [0, 0.1) is 12.7 Å². The van der Waals surface area contributed by atoms with E-state index in [0.29, 0.717) is 33.3 Å². The number of nitrogens with one attached hydrogen (secondary N) is 1. The number of nitrogens with zero attached hydrogens (tertiary/aromatic N) is 2. The van der Waals surface area contributed by atoms with E-state index in [0.717, 1.165) is 5.56 Å². The van der Waals surface area contributed by atoms with Crippen LogP contribution in [0.15, 0.2) is 66.9 Å². The van der Waals surface area contributed by atoms with Crippen LogP contribution in [0.25, 0.3) is 16.9 Å². The topological polar surface area (TPSA) is 46.4 Å². The molecule has 0 spiro atoms. The van der Waals surface area contributed by atoms with E-state index >= 15 is 0 Å². The van der Waals surface area contributed by atoms with Crippen LogP contribution in [0.4, 0.5) is 10.2 Å². The van der Waals surface area contributed by atoms with Gasteiger partial charge in [-0.3, -0.25) is 9.20 Å². The Kier molecular flexibility index (Phi) is 4.38. The number of benzene rings is 2. The number of aromatic nitrogens is 2. The van der Waals surface area contributed by atoms with E-state index in [1.54, 1.807) is 40.8 Å². The SMILES string of the molecule is Cc1ccn2c(NC(=O)c3ccccc3Cl)c(-c3ccc(F)cc3)nc2c1. The number of carbonyl (C=O) groups is 1. The van der Waals surface area contributed by atoms with Gasteiger partial charge in [0.25, 0.3) is 5.91 Å². The lowest BCUT2D eigenvalue weighted by molar-refractivity contribution is 0.102. The molecule has 0 aliphatic carbocycles. The van der Waals surface area contributed by atoms with Crippen molar-refractivity contribution in [3.63, 3.8) is 0 Å². The summed E-state index contributed by atoms with van der Waals surface area (Å²) in [6.45, 7) is 1.97. The molecule has 2 heterocycles. The summed E-state index contributed by atoms with van der Waals surface area (Å²) in [6, 6.07) is 16.7. The maximum absolute atomic E-state index is 13.3. The Labute approximate surface area is 160 Å². The highest BCUT2D eigenvalue weighted by molar-refractivity contribution is 6.34. The maximum atomic E-state index is 13.3. The fraction of sp³-hybridized carbons (Fsp3) is 0.0476. The summed E-state index contributed by atoms with van der Waals surface area (Å²) in [4.78, 5) is 17.4. The number of carbonyl (C=O) groups excluding carboxylic acids is 1. The van der Waals surface area contributed by atoms with Crippen molar-refractivity contribution in [3.05, 3.63) is 88.8 Å². The molecular weight excluding hydrogens is 365 g/mol. The summed E-state index contributed by atoms with van der Waals surface area (Å²) in [5, 5.41) is 3.27. The zero-order valence-corrected chi connectivity index (χ0v) is 15.2. The van der Waals surface area contributed by atoms with Gasteiger partial charge in [0.15, 0.2) is 0 Å². The van der Waals surface area contributed by atoms with Gasteiger partial charge in [-0.05, 0) is 61.0 Å². The van der Waals surface area contributed by atoms with E-state index in [9.17, 15) is 9.18 Å². The normalized spacial score (nSPS) is 10.9. The second-order valence-corrected chi connectivity index (χ2v) is 6.59. The first-order valence-electron chi connectivity index (χ1n) is 8.33. The quantitative estimate of drug-likeness (QED) is 0.521. The number of anilines is 1. The molecule has 0 saturated heterocycles. The maximum Gasteiger partial charge on any atom is 0.258 e. The van der Waals surface area contributed by atoms with Crippen LogP contribution in [-0.2, 0) is 0 Å². The van der Waals surface area contributed by atoms with E-state index in [1.807, 2.05) is 25.3 Å². The van der Waals surface area contributed by atoms with Crippen molar-refractivity contribution in [1.29, 1.82) is 0 Å². The van der Waals surface area contributed by atoms with Crippen LogP contribution in [0.1, 0.15) is 15.9 Å². The van der Waals surface area contributed by atoms with Gasteiger partial charge in [-0.25, -0.2) is 9.37 Å². The number of amides is 1. The summed E-state index contributed by atoms with van der Waals surface area (Å²) < 4.78 is 15.1. The molecule has 0 aliphatic heterocycles. The van der Waals surface area contributed by atoms with Gasteiger partial charge in [-0.15, -0.1) is 0 Å². The lowest BCUT2D eigenvalue weighted by Gasteiger charge is -2.09. The monoisotopic (exact) mass is 379 g/mol. The Morgan fingerprint density at radius 3 is 2.59 bits per heavy atom. The van der Waals surface area contributed by atoms with Crippen molar-refractivity contribution >= 4 is 29.0 Å². The molecule has 1 N–H and O–H groups in total. The second-order valence-electron chi connectivity index (χ2n) is 6.18. The van der Waals surface area contributed by atoms with Gasteiger partial charge in [-0.2, -0.15) is 0 Å². The van der Waals surface area contributed by atoms with Crippen molar-refractivity contribution in [3.8, 4) is 11.3 Å².